The number of rotatable bonds is 2. The molecule has 0 aromatic heterocycles. The lowest BCUT2D eigenvalue weighted by atomic mass is 9.65. The number of benzene rings is 2. The summed E-state index contributed by atoms with van der Waals surface area (Å²) in [4.78, 5) is 11.2. The average Bonchev–Trinajstić information content (AvgIpc) is 2.29. The number of hydrogen-bond acceptors (Lipinski definition) is 1. The molecular formula is C15H13FO. The highest BCUT2D eigenvalue weighted by atomic mass is 19.1. The smallest absolute Gasteiger partial charge is 0.131 e. The van der Waals surface area contributed by atoms with Gasteiger partial charge in [0, 0.05) is 5.39 Å². The molecule has 0 spiro atoms. The molecule has 0 N–H and O–H groups in total. The first-order valence-corrected chi connectivity index (χ1v) is 5.90. The van der Waals surface area contributed by atoms with Crippen molar-refractivity contribution in [1.82, 2.24) is 0 Å². The Morgan fingerprint density at radius 2 is 2.00 bits per heavy atom. The van der Waals surface area contributed by atoms with Gasteiger partial charge in [0.15, 0.2) is 0 Å². The molecule has 3 rings (SSSR count). The van der Waals surface area contributed by atoms with Crippen molar-refractivity contribution in [3.8, 4) is 0 Å². The minimum absolute atomic E-state index is 0.218. The molecule has 0 radical (unpaired) electrons. The van der Waals surface area contributed by atoms with Crippen LogP contribution in [0.4, 0.5) is 4.39 Å². The number of carbonyl (C=O) groups excluding carboxylic acids is 1. The first-order chi connectivity index (χ1) is 8.25. The van der Waals surface area contributed by atoms with Crippen LogP contribution in [0.3, 0.4) is 0 Å². The van der Waals surface area contributed by atoms with Gasteiger partial charge in [-0.1, -0.05) is 30.7 Å². The van der Waals surface area contributed by atoms with Crippen LogP contribution in [0.2, 0.25) is 0 Å². The van der Waals surface area contributed by atoms with Gasteiger partial charge in [-0.25, -0.2) is 4.39 Å². The molecule has 1 nitrogen and oxygen atoms in total. The molecule has 1 fully saturated rings. The second-order valence-corrected chi connectivity index (χ2v) is 4.80. The van der Waals surface area contributed by atoms with Gasteiger partial charge in [-0.15, -0.1) is 0 Å². The molecule has 86 valence electrons. The predicted molar refractivity (Wildman–Crippen MR) is 65.5 cm³/mol. The molecule has 0 aliphatic heterocycles. The molecule has 0 bridgehead atoms. The molecule has 0 atom stereocenters. The molecular weight excluding hydrogens is 215 g/mol. The van der Waals surface area contributed by atoms with Gasteiger partial charge in [-0.2, -0.15) is 0 Å². The van der Waals surface area contributed by atoms with E-state index in [0.717, 1.165) is 36.5 Å². The van der Waals surface area contributed by atoms with E-state index in [4.69, 9.17) is 0 Å². The molecule has 17 heavy (non-hydrogen) atoms. The predicted octanol–water partition coefficient (Wildman–Crippen LogP) is 3.60. The molecule has 0 amide bonds. The number of halogens is 1. The zero-order valence-corrected chi connectivity index (χ0v) is 9.45. The summed E-state index contributed by atoms with van der Waals surface area (Å²) >= 11 is 0. The minimum Gasteiger partial charge on any atom is -0.302 e. The molecule has 0 heterocycles. The van der Waals surface area contributed by atoms with Gasteiger partial charge in [0.25, 0.3) is 0 Å². The van der Waals surface area contributed by atoms with Gasteiger partial charge in [-0.05, 0) is 35.9 Å². The minimum atomic E-state index is -0.351. The largest absolute Gasteiger partial charge is 0.302 e. The third-order valence-corrected chi connectivity index (χ3v) is 3.88. The molecule has 0 unspecified atom stereocenters. The summed E-state index contributed by atoms with van der Waals surface area (Å²) in [6.07, 6.45) is 3.87. The van der Waals surface area contributed by atoms with Crippen molar-refractivity contribution >= 4 is 17.1 Å². The molecule has 1 saturated carbocycles. The van der Waals surface area contributed by atoms with Gasteiger partial charge >= 0.3 is 0 Å². The Hall–Kier alpha value is -1.70. The highest BCUT2D eigenvalue weighted by molar-refractivity contribution is 5.85. The van der Waals surface area contributed by atoms with E-state index in [2.05, 4.69) is 0 Å². The van der Waals surface area contributed by atoms with Crippen molar-refractivity contribution in [3.63, 3.8) is 0 Å². The summed E-state index contributed by atoms with van der Waals surface area (Å²) in [5.74, 6) is -0.218. The van der Waals surface area contributed by atoms with Crippen molar-refractivity contribution in [2.45, 2.75) is 24.7 Å². The van der Waals surface area contributed by atoms with Crippen LogP contribution in [0.15, 0.2) is 36.4 Å². The van der Waals surface area contributed by atoms with E-state index in [1.165, 1.54) is 6.07 Å². The molecule has 2 aromatic carbocycles. The number of hydrogen-bond donors (Lipinski definition) is 0. The van der Waals surface area contributed by atoms with Crippen molar-refractivity contribution in [2.24, 2.45) is 0 Å². The Bertz CT molecular complexity index is 584. The summed E-state index contributed by atoms with van der Waals surface area (Å²) in [6.45, 7) is 0. The Morgan fingerprint density at radius 3 is 2.65 bits per heavy atom. The Kier molecular flexibility index (Phi) is 2.25. The lowest BCUT2D eigenvalue weighted by molar-refractivity contribution is -0.115. The van der Waals surface area contributed by atoms with Crippen LogP contribution in [0, 0.1) is 5.82 Å². The summed E-state index contributed by atoms with van der Waals surface area (Å²) in [7, 11) is 0. The zero-order chi connectivity index (χ0) is 11.9. The van der Waals surface area contributed by atoms with Gasteiger partial charge in [0.2, 0.25) is 0 Å². The number of fused-ring (bicyclic) bond motifs is 1. The zero-order valence-electron chi connectivity index (χ0n) is 9.45. The number of carbonyl (C=O) groups is 1. The topological polar surface area (TPSA) is 17.1 Å². The first kappa shape index (κ1) is 10.5. The highest BCUT2D eigenvalue weighted by Crippen LogP contribution is 2.42. The van der Waals surface area contributed by atoms with E-state index in [1.807, 2.05) is 24.3 Å². The quantitative estimate of drug-likeness (QED) is 0.718. The van der Waals surface area contributed by atoms with Crippen molar-refractivity contribution in [1.29, 1.82) is 0 Å². The van der Waals surface area contributed by atoms with E-state index < -0.39 is 0 Å². The van der Waals surface area contributed by atoms with Gasteiger partial charge in [0.05, 0.1) is 5.41 Å². The van der Waals surface area contributed by atoms with E-state index >= 15 is 0 Å². The maximum absolute atomic E-state index is 13.7. The molecule has 2 aromatic rings. The van der Waals surface area contributed by atoms with E-state index in [0.29, 0.717) is 5.39 Å². The van der Waals surface area contributed by atoms with Crippen molar-refractivity contribution < 1.29 is 9.18 Å². The van der Waals surface area contributed by atoms with Gasteiger partial charge < -0.3 is 4.79 Å². The summed E-state index contributed by atoms with van der Waals surface area (Å²) in [5, 5.41) is 1.49. The second-order valence-electron chi connectivity index (χ2n) is 4.80. The maximum atomic E-state index is 13.7. The summed E-state index contributed by atoms with van der Waals surface area (Å²) < 4.78 is 13.7. The fraction of sp³-hybridized carbons (Fsp3) is 0.267. The molecule has 1 aliphatic rings. The van der Waals surface area contributed by atoms with Crippen LogP contribution in [-0.4, -0.2) is 6.29 Å². The third-order valence-electron chi connectivity index (χ3n) is 3.88. The van der Waals surface area contributed by atoms with Crippen LogP contribution < -0.4 is 0 Å². The van der Waals surface area contributed by atoms with E-state index in [9.17, 15) is 9.18 Å². The third kappa shape index (κ3) is 1.47. The van der Waals surface area contributed by atoms with Crippen LogP contribution in [0.1, 0.15) is 24.8 Å². The fourth-order valence-corrected chi connectivity index (χ4v) is 2.58. The van der Waals surface area contributed by atoms with Crippen molar-refractivity contribution in [2.75, 3.05) is 0 Å². The van der Waals surface area contributed by atoms with Crippen LogP contribution in [0.5, 0.6) is 0 Å². The average molecular weight is 228 g/mol. The van der Waals surface area contributed by atoms with Crippen molar-refractivity contribution in [3.05, 3.63) is 47.8 Å². The Labute approximate surface area is 99.3 Å². The van der Waals surface area contributed by atoms with E-state index in [-0.39, 0.29) is 11.2 Å². The first-order valence-electron chi connectivity index (χ1n) is 5.90. The van der Waals surface area contributed by atoms with Crippen LogP contribution >= 0.6 is 0 Å². The lowest BCUT2D eigenvalue weighted by Crippen LogP contribution is -2.35. The second kappa shape index (κ2) is 3.66. The Morgan fingerprint density at radius 1 is 1.18 bits per heavy atom. The fourth-order valence-electron chi connectivity index (χ4n) is 2.58. The monoisotopic (exact) mass is 228 g/mol. The lowest BCUT2D eigenvalue weighted by Gasteiger charge is -2.37. The van der Waals surface area contributed by atoms with Crippen LogP contribution in [-0.2, 0) is 10.2 Å². The van der Waals surface area contributed by atoms with Gasteiger partial charge in [-0.3, -0.25) is 0 Å². The van der Waals surface area contributed by atoms with Crippen LogP contribution in [0.25, 0.3) is 10.8 Å². The highest BCUT2D eigenvalue weighted by Gasteiger charge is 2.38. The van der Waals surface area contributed by atoms with E-state index in [1.54, 1.807) is 6.07 Å². The molecule has 1 aliphatic carbocycles. The summed E-state index contributed by atoms with van der Waals surface area (Å²) in [6, 6.07) is 10.7. The maximum Gasteiger partial charge on any atom is 0.131 e. The SMILES string of the molecule is O=CC1(c2ccc3cccc(F)c3c2)CCC1. The number of aldehydes is 1. The Balaban J connectivity index is 2.19. The standard InChI is InChI=1S/C15H13FO/c16-14-4-1-3-11-5-6-12(9-13(11)14)15(10-17)7-2-8-15/h1,3-6,9-10H,2,7-8H2. The summed E-state index contributed by atoms with van der Waals surface area (Å²) in [5.41, 5.74) is 0.604. The molecule has 2 heteroatoms. The van der Waals surface area contributed by atoms with Gasteiger partial charge in [0.1, 0.15) is 12.1 Å². The molecule has 0 saturated heterocycles. The normalized spacial score (nSPS) is 17.7.